The van der Waals surface area contributed by atoms with Gasteiger partial charge in [-0.15, -0.1) is 0 Å². The van der Waals surface area contributed by atoms with Crippen LogP contribution in [0.3, 0.4) is 0 Å². The third-order valence-electron chi connectivity index (χ3n) is 7.38. The van der Waals surface area contributed by atoms with Crippen molar-refractivity contribution < 1.29 is 37.0 Å². The second-order valence-electron chi connectivity index (χ2n) is 10.8. The number of carbonyl (C=O) groups excluding carboxylic acids is 1. The Morgan fingerprint density at radius 1 is 1.06 bits per heavy atom. The molecule has 1 atom stereocenters. The molecular weight excluding hydrogens is 636 g/mol. The summed E-state index contributed by atoms with van der Waals surface area (Å²) in [4.78, 5) is 26.5. The number of aliphatic carboxylic acids is 1. The first kappa shape index (κ1) is 35.8. The molecule has 12 nitrogen and oxygen atoms in total. The number of para-hydroxylation sites is 1. The van der Waals surface area contributed by atoms with E-state index in [1.165, 1.54) is 53.6 Å². The minimum Gasteiger partial charge on any atom is -0.481 e. The van der Waals surface area contributed by atoms with Crippen molar-refractivity contribution in [3.05, 3.63) is 84.2 Å². The molecule has 3 N–H and O–H groups in total. The molecule has 1 aliphatic rings. The summed E-state index contributed by atoms with van der Waals surface area (Å²) >= 11 is 0. The van der Waals surface area contributed by atoms with Crippen molar-refractivity contribution in [2.45, 2.75) is 32.0 Å². The second-order valence-corrected chi connectivity index (χ2v) is 10.8. The predicted octanol–water partition coefficient (Wildman–Crippen LogP) is 5.08. The maximum absolute atomic E-state index is 14.9. The predicted molar refractivity (Wildman–Crippen MR) is 170 cm³/mol. The molecule has 1 amide bonds. The van der Waals surface area contributed by atoms with Crippen molar-refractivity contribution in [2.24, 2.45) is 0 Å². The van der Waals surface area contributed by atoms with E-state index in [0.29, 0.717) is 25.2 Å². The van der Waals surface area contributed by atoms with E-state index in [-0.39, 0.29) is 41.9 Å². The Balaban J connectivity index is 0.000000794. The van der Waals surface area contributed by atoms with Crippen molar-refractivity contribution in [1.29, 1.82) is 0 Å². The number of aromatic nitrogens is 4. The lowest BCUT2D eigenvalue weighted by atomic mass is 10.0. The van der Waals surface area contributed by atoms with Gasteiger partial charge in [-0.05, 0) is 56.9 Å². The molecule has 48 heavy (non-hydrogen) atoms. The maximum Gasteiger partial charge on any atom is 0.422 e. The Kier molecular flexibility index (Phi) is 12.0. The number of benzene rings is 2. The summed E-state index contributed by atoms with van der Waals surface area (Å²) in [6.45, 7) is 3.32. The SMILES string of the molecule is CCCC(=O)O.CNC[C@@H]1CN(c2c(NC(=O)c3ccn(-c4ccnnc4)n3)ccc(Oc3ccccc3F)c2C(F)(F)F)CCN1C. The third kappa shape index (κ3) is 9.04. The van der Waals surface area contributed by atoms with Crippen molar-refractivity contribution in [1.82, 2.24) is 30.2 Å². The van der Waals surface area contributed by atoms with Crippen molar-refractivity contribution in [3.63, 3.8) is 0 Å². The number of anilines is 2. The van der Waals surface area contributed by atoms with Crippen molar-refractivity contribution >= 4 is 23.3 Å². The van der Waals surface area contributed by atoms with Gasteiger partial charge < -0.3 is 25.4 Å². The van der Waals surface area contributed by atoms with Crippen LogP contribution in [0.25, 0.3) is 5.69 Å². The number of carbonyl (C=O) groups is 2. The molecule has 1 saturated heterocycles. The number of likely N-dealkylation sites (N-methyl/N-ethyl adjacent to an activating group) is 2. The van der Waals surface area contributed by atoms with Crippen LogP contribution in [-0.4, -0.2) is 88.2 Å². The summed E-state index contributed by atoms with van der Waals surface area (Å²) in [6, 6.07) is 10.6. The number of amides is 1. The summed E-state index contributed by atoms with van der Waals surface area (Å²) in [5.41, 5.74) is -0.946. The fraction of sp³-hybridized carbons (Fsp3) is 0.344. The normalized spacial score (nSPS) is 15.0. The number of hydrogen-bond acceptors (Lipinski definition) is 9. The highest BCUT2D eigenvalue weighted by Crippen LogP contribution is 2.48. The Morgan fingerprint density at radius 3 is 2.46 bits per heavy atom. The fourth-order valence-electron chi connectivity index (χ4n) is 5.02. The maximum atomic E-state index is 14.9. The number of piperazine rings is 1. The minimum absolute atomic E-state index is 0.0237. The first-order valence-electron chi connectivity index (χ1n) is 15.0. The molecule has 5 rings (SSSR count). The highest BCUT2D eigenvalue weighted by molar-refractivity contribution is 6.05. The smallest absolute Gasteiger partial charge is 0.422 e. The number of halogens is 4. The Labute approximate surface area is 274 Å². The van der Waals surface area contributed by atoms with Gasteiger partial charge in [0.2, 0.25) is 0 Å². The number of carboxylic acids is 1. The molecule has 0 bridgehead atoms. The van der Waals surface area contributed by atoms with Crippen LogP contribution >= 0.6 is 0 Å². The van der Waals surface area contributed by atoms with Crippen LogP contribution < -0.4 is 20.3 Å². The first-order chi connectivity index (χ1) is 22.9. The number of ether oxygens (including phenoxy) is 1. The fourth-order valence-corrected chi connectivity index (χ4v) is 5.02. The molecule has 0 aliphatic carbocycles. The highest BCUT2D eigenvalue weighted by atomic mass is 19.4. The summed E-state index contributed by atoms with van der Waals surface area (Å²) in [5.74, 6) is -3.17. The Bertz CT molecular complexity index is 1690. The minimum atomic E-state index is -4.91. The molecular formula is C32H36F4N8O4. The number of nitrogens with zero attached hydrogens (tertiary/aromatic N) is 6. The van der Waals surface area contributed by atoms with Crippen LogP contribution in [0, 0.1) is 5.82 Å². The molecule has 0 saturated carbocycles. The molecule has 0 spiro atoms. The van der Waals surface area contributed by atoms with Crippen LogP contribution in [0.15, 0.2) is 67.1 Å². The summed E-state index contributed by atoms with van der Waals surface area (Å²) in [6.07, 6.45) is 0.557. The van der Waals surface area contributed by atoms with Gasteiger partial charge in [-0.3, -0.25) is 14.5 Å². The van der Waals surface area contributed by atoms with E-state index in [2.05, 4.69) is 30.8 Å². The average molecular weight is 673 g/mol. The van der Waals surface area contributed by atoms with Gasteiger partial charge in [0.1, 0.15) is 11.3 Å². The van der Waals surface area contributed by atoms with Gasteiger partial charge in [0.15, 0.2) is 17.3 Å². The molecule has 0 unspecified atom stereocenters. The lowest BCUT2D eigenvalue weighted by Gasteiger charge is -2.42. The quantitative estimate of drug-likeness (QED) is 0.196. The Morgan fingerprint density at radius 2 is 1.83 bits per heavy atom. The Hall–Kier alpha value is -5.09. The molecule has 256 valence electrons. The summed E-state index contributed by atoms with van der Waals surface area (Å²) in [7, 11) is 3.67. The van der Waals surface area contributed by atoms with E-state index in [9.17, 15) is 27.2 Å². The van der Waals surface area contributed by atoms with Crippen LogP contribution in [0.4, 0.5) is 28.9 Å². The van der Waals surface area contributed by atoms with Crippen molar-refractivity contribution in [2.75, 3.05) is 50.5 Å². The summed E-state index contributed by atoms with van der Waals surface area (Å²) < 4.78 is 65.9. The zero-order valence-corrected chi connectivity index (χ0v) is 26.5. The lowest BCUT2D eigenvalue weighted by molar-refractivity contribution is -0.138. The van der Waals surface area contributed by atoms with Gasteiger partial charge in [0, 0.05) is 44.8 Å². The molecule has 2 aromatic carbocycles. The molecule has 1 aliphatic heterocycles. The molecule has 1 fully saturated rings. The van der Waals surface area contributed by atoms with E-state index in [1.54, 1.807) is 18.0 Å². The van der Waals surface area contributed by atoms with Gasteiger partial charge in [-0.2, -0.15) is 28.5 Å². The van der Waals surface area contributed by atoms with Gasteiger partial charge in [0.25, 0.3) is 5.91 Å². The molecule has 2 aromatic heterocycles. The zero-order chi connectivity index (χ0) is 34.8. The second kappa shape index (κ2) is 16.1. The average Bonchev–Trinajstić information content (AvgIpc) is 3.55. The van der Waals surface area contributed by atoms with Crippen LogP contribution in [-0.2, 0) is 11.0 Å². The van der Waals surface area contributed by atoms with E-state index in [4.69, 9.17) is 9.84 Å². The van der Waals surface area contributed by atoms with Crippen LogP contribution in [0.2, 0.25) is 0 Å². The lowest BCUT2D eigenvalue weighted by Crippen LogP contribution is -2.55. The monoisotopic (exact) mass is 672 g/mol. The molecule has 4 aromatic rings. The van der Waals surface area contributed by atoms with Gasteiger partial charge in [0.05, 0.1) is 29.5 Å². The standard InChI is InChI=1S/C28H28F4N8O2.C4H8O2/c1-33-15-19-17-39(14-13-38(19)2)26-21(36-27(41)22-10-12-40(37-22)18-9-11-34-35-16-18)7-8-24(25(26)28(30,31)32)42-23-6-4-3-5-20(23)29;1-2-3-4(5)6/h3-12,16,19,33H,13-15,17H2,1-2H3,(H,36,41);2-3H2,1H3,(H,5,6)/t19-;/m1./s1. The van der Waals surface area contributed by atoms with E-state index < -0.39 is 35.2 Å². The van der Waals surface area contributed by atoms with Crippen LogP contribution in [0.5, 0.6) is 11.5 Å². The van der Waals surface area contributed by atoms with Gasteiger partial charge in [-0.1, -0.05) is 19.1 Å². The number of carboxylic acid groups (broad SMARTS) is 1. The van der Waals surface area contributed by atoms with E-state index in [0.717, 1.165) is 18.6 Å². The highest BCUT2D eigenvalue weighted by Gasteiger charge is 2.42. The first-order valence-corrected chi connectivity index (χ1v) is 15.0. The number of rotatable bonds is 10. The van der Waals surface area contributed by atoms with Crippen molar-refractivity contribution in [3.8, 4) is 17.2 Å². The molecule has 3 heterocycles. The van der Waals surface area contributed by atoms with Gasteiger partial charge >= 0.3 is 12.1 Å². The molecule has 16 heteroatoms. The third-order valence-corrected chi connectivity index (χ3v) is 7.38. The number of hydrogen-bond donors (Lipinski definition) is 3. The summed E-state index contributed by atoms with van der Waals surface area (Å²) in [5, 5.41) is 25.3. The topological polar surface area (TPSA) is 138 Å². The van der Waals surface area contributed by atoms with E-state index >= 15 is 0 Å². The largest absolute Gasteiger partial charge is 0.481 e. The number of nitrogens with one attached hydrogen (secondary N) is 2. The van der Waals surface area contributed by atoms with Gasteiger partial charge in [-0.25, -0.2) is 9.07 Å². The van der Waals surface area contributed by atoms with E-state index in [1.807, 2.05) is 14.0 Å². The van der Waals surface area contributed by atoms with Crippen LogP contribution in [0.1, 0.15) is 35.8 Å². The zero-order valence-electron chi connectivity index (χ0n) is 26.5. The number of alkyl halides is 3. The molecule has 0 radical (unpaired) electrons.